The largest absolute Gasteiger partial charge is 0.267 e. The Balaban J connectivity index is 1.89. The number of nitrogens with zero attached hydrogens (tertiary/aromatic N) is 1. The van der Waals surface area contributed by atoms with Gasteiger partial charge in [-0.1, -0.05) is 42.0 Å². The van der Waals surface area contributed by atoms with Crippen LogP contribution in [0.5, 0.6) is 0 Å². The second-order valence-corrected chi connectivity index (χ2v) is 6.67. The molecule has 1 fully saturated rings. The van der Waals surface area contributed by atoms with Gasteiger partial charge in [0.1, 0.15) is 0 Å². The van der Waals surface area contributed by atoms with Crippen molar-refractivity contribution >= 4 is 10.0 Å². The molecule has 3 rings (SSSR count). The van der Waals surface area contributed by atoms with E-state index in [9.17, 15) is 8.42 Å². The van der Waals surface area contributed by atoms with Crippen LogP contribution in [0.1, 0.15) is 22.9 Å². The second kappa shape index (κ2) is 4.70. The van der Waals surface area contributed by atoms with Gasteiger partial charge in [0.05, 0.1) is 4.90 Å². The molecule has 0 amide bonds. The molecule has 0 aromatic heterocycles. The van der Waals surface area contributed by atoms with Crippen LogP contribution in [0.4, 0.5) is 0 Å². The average molecular weight is 289 g/mol. The van der Waals surface area contributed by atoms with E-state index in [-0.39, 0.29) is 4.90 Å². The molecule has 4 nitrogen and oxygen atoms in total. The van der Waals surface area contributed by atoms with Crippen molar-refractivity contribution in [3.05, 3.63) is 65.2 Å². The van der Waals surface area contributed by atoms with Gasteiger partial charge in [-0.05, 0) is 36.0 Å². The Hall–Kier alpha value is -1.69. The summed E-state index contributed by atoms with van der Waals surface area (Å²) < 4.78 is 25.9. The molecule has 1 unspecified atom stereocenters. The van der Waals surface area contributed by atoms with Crippen molar-refractivity contribution in [2.24, 2.45) is 0 Å². The molecule has 1 heterocycles. The van der Waals surface area contributed by atoms with E-state index >= 15 is 0 Å². The fourth-order valence-electron chi connectivity index (χ4n) is 2.10. The Bertz CT molecular complexity index is 738. The van der Waals surface area contributed by atoms with E-state index in [1.165, 1.54) is 0 Å². The Morgan fingerprint density at radius 1 is 1.00 bits per heavy atom. The van der Waals surface area contributed by atoms with E-state index in [0.29, 0.717) is 0 Å². The van der Waals surface area contributed by atoms with E-state index in [4.69, 9.17) is 4.84 Å². The van der Waals surface area contributed by atoms with Crippen LogP contribution in [0.25, 0.3) is 0 Å². The third-order valence-corrected chi connectivity index (χ3v) is 4.98. The molecule has 0 bridgehead atoms. The lowest BCUT2D eigenvalue weighted by Gasteiger charge is -2.04. The Labute approximate surface area is 118 Å². The summed E-state index contributed by atoms with van der Waals surface area (Å²) in [4.78, 5) is 5.53. The lowest BCUT2D eigenvalue weighted by Crippen LogP contribution is -2.12. The van der Waals surface area contributed by atoms with E-state index in [2.05, 4.69) is 0 Å². The molecule has 2 aromatic carbocycles. The zero-order valence-corrected chi connectivity index (χ0v) is 12.1. The van der Waals surface area contributed by atoms with Gasteiger partial charge in [-0.25, -0.2) is 8.42 Å². The Morgan fingerprint density at radius 3 is 2.30 bits per heavy atom. The number of hydrogen-bond donors (Lipinski definition) is 0. The number of benzene rings is 2. The average Bonchev–Trinajstić information content (AvgIpc) is 3.20. The summed E-state index contributed by atoms with van der Waals surface area (Å²) in [6, 6.07) is 14.4. The fraction of sp³-hybridized carbons (Fsp3) is 0.200. The lowest BCUT2D eigenvalue weighted by molar-refractivity contribution is 0.283. The first-order valence-corrected chi connectivity index (χ1v) is 7.77. The Kier molecular flexibility index (Phi) is 3.12. The number of rotatable bonds is 3. The normalized spacial score (nSPS) is 21.7. The van der Waals surface area contributed by atoms with Gasteiger partial charge in [0, 0.05) is 5.56 Å². The van der Waals surface area contributed by atoms with Crippen molar-refractivity contribution in [2.75, 3.05) is 0 Å². The highest BCUT2D eigenvalue weighted by Gasteiger charge is 2.49. The highest BCUT2D eigenvalue weighted by atomic mass is 32.2. The van der Waals surface area contributed by atoms with Gasteiger partial charge in [0.25, 0.3) is 10.0 Å². The standard InChI is InChI=1S/C15H15NO3S/c1-11-7-9-13(10-8-11)20(17,18)16-15(19-16)14-6-4-3-5-12(14)2/h3-10,15H,1-2H3/t15-,16?/m1/s1. The van der Waals surface area contributed by atoms with Crippen LogP contribution in [0.15, 0.2) is 53.4 Å². The quantitative estimate of drug-likeness (QED) is 0.816. The molecule has 2 atom stereocenters. The van der Waals surface area contributed by atoms with E-state index < -0.39 is 16.3 Å². The summed E-state index contributed by atoms with van der Waals surface area (Å²) in [7, 11) is -3.59. The van der Waals surface area contributed by atoms with Crippen LogP contribution in [0.2, 0.25) is 0 Å². The van der Waals surface area contributed by atoms with Gasteiger partial charge in [-0.2, -0.15) is 0 Å². The SMILES string of the molecule is Cc1ccc(S(=O)(=O)N2O[C@@H]2c2ccccc2C)cc1. The predicted molar refractivity (Wildman–Crippen MR) is 75.2 cm³/mol. The fourth-order valence-corrected chi connectivity index (χ4v) is 3.35. The minimum Gasteiger partial charge on any atom is -0.253 e. The van der Waals surface area contributed by atoms with Crippen LogP contribution >= 0.6 is 0 Å². The maximum atomic E-state index is 12.4. The third kappa shape index (κ3) is 2.24. The predicted octanol–water partition coefficient (Wildman–Crippen LogP) is 2.94. The molecule has 20 heavy (non-hydrogen) atoms. The molecule has 0 radical (unpaired) electrons. The van der Waals surface area contributed by atoms with E-state index in [1.807, 2.05) is 38.1 Å². The molecule has 1 aliphatic heterocycles. The van der Waals surface area contributed by atoms with Gasteiger partial charge in [-0.3, -0.25) is 4.84 Å². The molecule has 0 spiro atoms. The molecular weight excluding hydrogens is 274 g/mol. The minimum atomic E-state index is -3.59. The van der Waals surface area contributed by atoms with Crippen LogP contribution < -0.4 is 0 Å². The van der Waals surface area contributed by atoms with Gasteiger partial charge in [-0.15, -0.1) is 0 Å². The number of hydroxylamine groups is 1. The summed E-state index contributed by atoms with van der Waals surface area (Å²) in [6.07, 6.45) is -0.512. The van der Waals surface area contributed by atoms with Gasteiger partial charge in [0.2, 0.25) is 0 Å². The highest BCUT2D eigenvalue weighted by Crippen LogP contribution is 2.43. The smallest absolute Gasteiger partial charge is 0.253 e. The molecular formula is C15H15NO3S. The second-order valence-electron chi connectivity index (χ2n) is 4.89. The first-order valence-electron chi connectivity index (χ1n) is 6.33. The summed E-state index contributed by atoms with van der Waals surface area (Å²) >= 11 is 0. The Morgan fingerprint density at radius 2 is 1.65 bits per heavy atom. The van der Waals surface area contributed by atoms with Crippen molar-refractivity contribution in [1.82, 2.24) is 4.47 Å². The summed E-state index contributed by atoms with van der Waals surface area (Å²) in [6.45, 7) is 3.86. The maximum absolute atomic E-state index is 12.4. The molecule has 1 aliphatic rings. The van der Waals surface area contributed by atoms with Crippen molar-refractivity contribution in [2.45, 2.75) is 25.0 Å². The first kappa shape index (κ1) is 13.3. The van der Waals surface area contributed by atoms with Crippen LogP contribution in [0.3, 0.4) is 0 Å². The number of aryl methyl sites for hydroxylation is 2. The molecule has 5 heteroatoms. The molecule has 0 saturated carbocycles. The number of sulfonamides is 1. The van der Waals surface area contributed by atoms with Crippen molar-refractivity contribution in [1.29, 1.82) is 0 Å². The van der Waals surface area contributed by atoms with Crippen molar-refractivity contribution < 1.29 is 13.3 Å². The topological polar surface area (TPSA) is 49.7 Å². The maximum Gasteiger partial charge on any atom is 0.267 e. The van der Waals surface area contributed by atoms with Gasteiger partial charge in [0.15, 0.2) is 6.23 Å². The lowest BCUT2D eigenvalue weighted by atomic mass is 10.1. The highest BCUT2D eigenvalue weighted by molar-refractivity contribution is 7.89. The summed E-state index contributed by atoms with van der Waals surface area (Å²) in [5, 5.41) is 0. The summed E-state index contributed by atoms with van der Waals surface area (Å²) in [5.74, 6) is 0. The zero-order chi connectivity index (χ0) is 14.3. The van der Waals surface area contributed by atoms with E-state index in [0.717, 1.165) is 21.2 Å². The first-order chi connectivity index (χ1) is 9.50. The minimum absolute atomic E-state index is 0.249. The molecule has 2 aromatic rings. The van der Waals surface area contributed by atoms with E-state index in [1.54, 1.807) is 24.3 Å². The molecule has 1 saturated heterocycles. The van der Waals surface area contributed by atoms with Crippen LogP contribution in [0, 0.1) is 13.8 Å². The number of hydrogen-bond acceptors (Lipinski definition) is 3. The monoisotopic (exact) mass is 289 g/mol. The van der Waals surface area contributed by atoms with Crippen molar-refractivity contribution in [3.8, 4) is 0 Å². The van der Waals surface area contributed by atoms with Crippen LogP contribution in [-0.2, 0) is 14.9 Å². The van der Waals surface area contributed by atoms with Crippen molar-refractivity contribution in [3.63, 3.8) is 0 Å². The van der Waals surface area contributed by atoms with Crippen LogP contribution in [-0.4, -0.2) is 12.9 Å². The summed E-state index contributed by atoms with van der Waals surface area (Å²) in [5.41, 5.74) is 2.91. The third-order valence-electron chi connectivity index (χ3n) is 3.36. The molecule has 0 N–H and O–H groups in total. The van der Waals surface area contributed by atoms with Gasteiger partial charge < -0.3 is 0 Å². The molecule has 104 valence electrons. The van der Waals surface area contributed by atoms with Gasteiger partial charge >= 0.3 is 0 Å². The zero-order valence-electron chi connectivity index (χ0n) is 11.3. The molecule has 0 aliphatic carbocycles.